The van der Waals surface area contributed by atoms with E-state index in [-0.39, 0.29) is 11.9 Å². The lowest BCUT2D eigenvalue weighted by atomic mass is 10.1. The summed E-state index contributed by atoms with van der Waals surface area (Å²) in [5.74, 6) is -0.588. The number of nitrogens with two attached hydrogens (primary N) is 1. The molecule has 3 rings (SSSR count). The summed E-state index contributed by atoms with van der Waals surface area (Å²) >= 11 is 1.37. The quantitative estimate of drug-likeness (QED) is 0.628. The predicted octanol–water partition coefficient (Wildman–Crippen LogP) is 4.37. The van der Waals surface area contributed by atoms with E-state index in [0.29, 0.717) is 17.0 Å². The SMILES string of the molecule is CC(C)(C)OC(=O)c1cc2cc(NC(=O)[C@@H](N)Cc3ccccc3)ccc2s1. The number of carbonyl (C=O) groups excluding carboxylic acids is 2. The van der Waals surface area contributed by atoms with Gasteiger partial charge in [-0.25, -0.2) is 4.79 Å². The Bertz CT molecular complexity index is 990. The third kappa shape index (κ3) is 5.18. The molecule has 0 bridgehead atoms. The molecule has 0 saturated carbocycles. The number of hydrogen-bond acceptors (Lipinski definition) is 5. The van der Waals surface area contributed by atoms with Crippen LogP contribution in [0.3, 0.4) is 0 Å². The first-order valence-electron chi connectivity index (χ1n) is 9.08. The number of hydrogen-bond donors (Lipinski definition) is 2. The first-order chi connectivity index (χ1) is 13.2. The molecule has 0 saturated heterocycles. The number of thiophene rings is 1. The molecular weight excluding hydrogens is 372 g/mol. The number of benzene rings is 2. The Morgan fingerprint density at radius 2 is 1.82 bits per heavy atom. The summed E-state index contributed by atoms with van der Waals surface area (Å²) in [5, 5.41) is 3.73. The van der Waals surface area contributed by atoms with Crippen molar-refractivity contribution >= 4 is 39.0 Å². The lowest BCUT2D eigenvalue weighted by molar-refractivity contribution is -0.117. The van der Waals surface area contributed by atoms with E-state index in [9.17, 15) is 9.59 Å². The molecule has 0 radical (unpaired) electrons. The van der Waals surface area contributed by atoms with Crippen molar-refractivity contribution in [3.63, 3.8) is 0 Å². The van der Waals surface area contributed by atoms with Gasteiger partial charge in [-0.15, -0.1) is 11.3 Å². The van der Waals surface area contributed by atoms with Gasteiger partial charge in [-0.3, -0.25) is 4.79 Å². The summed E-state index contributed by atoms with van der Waals surface area (Å²) in [6.45, 7) is 5.51. The number of fused-ring (bicyclic) bond motifs is 1. The van der Waals surface area contributed by atoms with Crippen LogP contribution in [0, 0.1) is 0 Å². The summed E-state index contributed by atoms with van der Waals surface area (Å²) in [6.07, 6.45) is 0.468. The third-order valence-corrected chi connectivity index (χ3v) is 5.12. The van der Waals surface area contributed by atoms with Crippen LogP contribution in [0.1, 0.15) is 36.0 Å². The Hall–Kier alpha value is -2.70. The van der Waals surface area contributed by atoms with Crippen LogP contribution < -0.4 is 11.1 Å². The van der Waals surface area contributed by atoms with Crippen molar-refractivity contribution in [1.29, 1.82) is 0 Å². The lowest BCUT2D eigenvalue weighted by Crippen LogP contribution is -2.37. The van der Waals surface area contributed by atoms with Crippen LogP contribution in [0.2, 0.25) is 0 Å². The Morgan fingerprint density at radius 3 is 2.50 bits per heavy atom. The zero-order chi connectivity index (χ0) is 20.3. The van der Waals surface area contributed by atoms with Crippen molar-refractivity contribution in [2.24, 2.45) is 5.73 Å². The third-order valence-electron chi connectivity index (χ3n) is 4.02. The van der Waals surface area contributed by atoms with Crippen LogP contribution in [0.15, 0.2) is 54.6 Å². The molecule has 1 aromatic heterocycles. The number of carbonyl (C=O) groups is 2. The van der Waals surface area contributed by atoms with Crippen LogP contribution in [0.4, 0.5) is 5.69 Å². The summed E-state index contributed by atoms with van der Waals surface area (Å²) in [6, 6.07) is 16.3. The Labute approximate surface area is 168 Å². The fourth-order valence-corrected chi connectivity index (χ4v) is 3.67. The van der Waals surface area contributed by atoms with Gasteiger partial charge in [-0.1, -0.05) is 30.3 Å². The van der Waals surface area contributed by atoms with Crippen LogP contribution in [-0.4, -0.2) is 23.5 Å². The minimum Gasteiger partial charge on any atom is -0.456 e. The number of rotatable bonds is 5. The number of anilines is 1. The molecule has 0 unspecified atom stereocenters. The van der Waals surface area contributed by atoms with Gasteiger partial charge in [0.1, 0.15) is 10.5 Å². The average molecular weight is 397 g/mol. The first kappa shape index (κ1) is 20.0. The van der Waals surface area contributed by atoms with Gasteiger partial charge in [0, 0.05) is 10.4 Å². The maximum absolute atomic E-state index is 12.4. The van der Waals surface area contributed by atoms with E-state index in [2.05, 4.69) is 5.32 Å². The van der Waals surface area contributed by atoms with E-state index in [4.69, 9.17) is 10.5 Å². The van der Waals surface area contributed by atoms with Crippen molar-refractivity contribution in [3.05, 3.63) is 65.0 Å². The average Bonchev–Trinajstić information content (AvgIpc) is 3.04. The molecule has 3 N–H and O–H groups in total. The van der Waals surface area contributed by atoms with Crippen LogP contribution in [0.25, 0.3) is 10.1 Å². The summed E-state index contributed by atoms with van der Waals surface area (Å²) in [7, 11) is 0. The second-order valence-electron chi connectivity index (χ2n) is 7.65. The molecule has 1 heterocycles. The molecule has 146 valence electrons. The molecule has 0 aliphatic carbocycles. The number of nitrogens with one attached hydrogen (secondary N) is 1. The summed E-state index contributed by atoms with van der Waals surface area (Å²) in [4.78, 5) is 25.2. The Morgan fingerprint density at radius 1 is 1.11 bits per heavy atom. The van der Waals surface area contributed by atoms with Gasteiger partial charge in [0.15, 0.2) is 0 Å². The Kier molecular flexibility index (Phi) is 5.82. The Balaban J connectivity index is 1.70. The smallest absolute Gasteiger partial charge is 0.348 e. The molecule has 1 atom stereocenters. The second-order valence-corrected chi connectivity index (χ2v) is 8.73. The van der Waals surface area contributed by atoms with Crippen molar-refractivity contribution in [2.45, 2.75) is 38.8 Å². The molecule has 3 aromatic rings. The molecule has 1 amide bonds. The molecule has 6 heteroatoms. The number of amides is 1. The van der Waals surface area contributed by atoms with Crippen LogP contribution in [-0.2, 0) is 16.0 Å². The molecule has 28 heavy (non-hydrogen) atoms. The minimum absolute atomic E-state index is 0.245. The van der Waals surface area contributed by atoms with Gasteiger partial charge < -0.3 is 15.8 Å². The number of esters is 1. The highest BCUT2D eigenvalue weighted by molar-refractivity contribution is 7.20. The van der Waals surface area contributed by atoms with Gasteiger partial charge in [0.2, 0.25) is 5.91 Å². The number of ether oxygens (including phenoxy) is 1. The largest absolute Gasteiger partial charge is 0.456 e. The normalized spacial score (nSPS) is 12.6. The van der Waals surface area contributed by atoms with Gasteiger partial charge in [0.05, 0.1) is 6.04 Å². The summed E-state index contributed by atoms with van der Waals surface area (Å²) < 4.78 is 6.37. The lowest BCUT2D eigenvalue weighted by Gasteiger charge is -2.18. The zero-order valence-corrected chi connectivity index (χ0v) is 17.0. The molecule has 5 nitrogen and oxygen atoms in total. The van der Waals surface area contributed by atoms with E-state index in [1.165, 1.54) is 11.3 Å². The molecule has 2 aromatic carbocycles. The van der Waals surface area contributed by atoms with Crippen LogP contribution >= 0.6 is 11.3 Å². The van der Waals surface area contributed by atoms with Crippen molar-refractivity contribution < 1.29 is 14.3 Å². The second kappa shape index (κ2) is 8.12. The van der Waals surface area contributed by atoms with Gasteiger partial charge in [0.25, 0.3) is 0 Å². The van der Waals surface area contributed by atoms with Crippen molar-refractivity contribution in [1.82, 2.24) is 0 Å². The fourth-order valence-electron chi connectivity index (χ4n) is 2.75. The molecule has 0 aliphatic rings. The molecule has 0 fully saturated rings. The zero-order valence-electron chi connectivity index (χ0n) is 16.2. The maximum atomic E-state index is 12.4. The van der Waals surface area contributed by atoms with E-state index >= 15 is 0 Å². The van der Waals surface area contributed by atoms with E-state index in [1.807, 2.05) is 69.3 Å². The van der Waals surface area contributed by atoms with Gasteiger partial charge >= 0.3 is 5.97 Å². The minimum atomic E-state index is -0.641. The summed E-state index contributed by atoms with van der Waals surface area (Å²) in [5.41, 5.74) is 7.16. The molecule has 0 spiro atoms. The predicted molar refractivity (Wildman–Crippen MR) is 114 cm³/mol. The van der Waals surface area contributed by atoms with E-state index in [1.54, 1.807) is 6.07 Å². The van der Waals surface area contributed by atoms with Gasteiger partial charge in [-0.05, 0) is 62.4 Å². The topological polar surface area (TPSA) is 81.4 Å². The van der Waals surface area contributed by atoms with Crippen molar-refractivity contribution in [2.75, 3.05) is 5.32 Å². The fraction of sp³-hybridized carbons (Fsp3) is 0.273. The highest BCUT2D eigenvalue weighted by atomic mass is 32.1. The highest BCUT2D eigenvalue weighted by Crippen LogP contribution is 2.29. The van der Waals surface area contributed by atoms with E-state index < -0.39 is 11.6 Å². The monoisotopic (exact) mass is 396 g/mol. The standard InChI is InChI=1S/C22H24N2O3S/c1-22(2,3)27-21(26)19-13-15-12-16(9-10-18(15)28-19)24-20(25)17(23)11-14-7-5-4-6-8-14/h4-10,12-13,17H,11,23H2,1-3H3,(H,24,25)/t17-/m0/s1. The van der Waals surface area contributed by atoms with Crippen LogP contribution in [0.5, 0.6) is 0 Å². The van der Waals surface area contributed by atoms with E-state index in [0.717, 1.165) is 15.6 Å². The highest BCUT2D eigenvalue weighted by Gasteiger charge is 2.20. The molecular formula is C22H24N2O3S. The maximum Gasteiger partial charge on any atom is 0.348 e. The molecule has 0 aliphatic heterocycles. The van der Waals surface area contributed by atoms with Crippen molar-refractivity contribution in [3.8, 4) is 0 Å². The first-order valence-corrected chi connectivity index (χ1v) is 9.90. The van der Waals surface area contributed by atoms with Gasteiger partial charge in [-0.2, -0.15) is 0 Å².